The number of hydrogen-bond acceptors (Lipinski definition) is 3. The standard InChI is InChI=1S/C7H7N2O2S.CH4/c1-6-3-2-4-7(5-6)12(10,11)9-8;/h2-5H,1H3;1H4/q+1;. The van der Waals surface area contributed by atoms with E-state index in [0.717, 1.165) is 5.56 Å². The van der Waals surface area contributed by atoms with Crippen molar-refractivity contribution >= 4 is 10.0 Å². The molecule has 0 saturated carbocycles. The number of hydrogen-bond donors (Lipinski definition) is 0. The van der Waals surface area contributed by atoms with Gasteiger partial charge < -0.3 is 0 Å². The third kappa shape index (κ3) is 2.53. The Bertz CT molecular complexity index is 432. The third-order valence-electron chi connectivity index (χ3n) is 1.39. The van der Waals surface area contributed by atoms with Gasteiger partial charge in [0.05, 0.1) is 0 Å². The topological polar surface area (TPSA) is 62.3 Å². The fraction of sp³-hybridized carbons (Fsp3) is 0.250. The molecule has 0 radical (unpaired) electrons. The van der Waals surface area contributed by atoms with Gasteiger partial charge in [0.15, 0.2) is 4.90 Å². The molecule has 0 N–H and O–H groups in total. The molecule has 1 rings (SSSR count). The minimum atomic E-state index is -3.84. The molecule has 0 unspecified atom stereocenters. The molecule has 0 heterocycles. The first-order valence-electron chi connectivity index (χ1n) is 3.24. The zero-order valence-corrected chi connectivity index (χ0v) is 7.25. The van der Waals surface area contributed by atoms with Crippen LogP contribution in [0.5, 0.6) is 0 Å². The first kappa shape index (κ1) is 11.6. The molecule has 0 aliphatic heterocycles. The maximum Gasteiger partial charge on any atom is 0.552 e. The normalized spacial score (nSPS) is 9.85. The van der Waals surface area contributed by atoms with Crippen LogP contribution in [-0.2, 0) is 10.0 Å². The Morgan fingerprint density at radius 3 is 2.46 bits per heavy atom. The number of rotatable bonds is 1. The highest BCUT2D eigenvalue weighted by Gasteiger charge is 2.26. The van der Waals surface area contributed by atoms with Crippen molar-refractivity contribution < 1.29 is 8.42 Å². The fourth-order valence-corrected chi connectivity index (χ4v) is 1.50. The molecule has 5 heteroatoms. The Hall–Kier alpha value is -1.41. The number of diazo groups is 1. The Balaban J connectivity index is 0.00000144. The Labute approximate surface area is 77.9 Å². The minimum Gasteiger partial charge on any atom is -0.141 e. The van der Waals surface area contributed by atoms with E-state index in [-0.39, 0.29) is 12.3 Å². The molecule has 1 aromatic carbocycles. The van der Waals surface area contributed by atoms with Gasteiger partial charge in [-0.15, -0.1) is 8.42 Å². The van der Waals surface area contributed by atoms with E-state index in [1.165, 1.54) is 12.1 Å². The van der Waals surface area contributed by atoms with E-state index in [4.69, 9.17) is 5.39 Å². The number of sulfonamides is 1. The van der Waals surface area contributed by atoms with E-state index < -0.39 is 10.0 Å². The molecule has 13 heavy (non-hydrogen) atoms. The molecule has 0 aromatic heterocycles. The third-order valence-corrected chi connectivity index (χ3v) is 2.46. The van der Waals surface area contributed by atoms with Crippen molar-refractivity contribution in [3.05, 3.63) is 34.2 Å². The highest BCUT2D eigenvalue weighted by molar-refractivity contribution is 7.93. The van der Waals surface area contributed by atoms with Gasteiger partial charge in [-0.25, -0.2) is 0 Å². The van der Waals surface area contributed by atoms with Gasteiger partial charge in [0, 0.05) is 0 Å². The number of nitrogens with zero attached hydrogens (tertiary/aromatic N) is 2. The largest absolute Gasteiger partial charge is 0.552 e. The zero-order chi connectivity index (χ0) is 9.19. The minimum absolute atomic E-state index is 0. The van der Waals surface area contributed by atoms with E-state index in [9.17, 15) is 8.42 Å². The predicted octanol–water partition coefficient (Wildman–Crippen LogP) is 2.17. The molecule has 0 bridgehead atoms. The van der Waals surface area contributed by atoms with E-state index in [1.807, 2.05) is 0 Å². The maximum absolute atomic E-state index is 10.9. The summed E-state index contributed by atoms with van der Waals surface area (Å²) in [6, 6.07) is 6.17. The lowest BCUT2D eigenvalue weighted by Gasteiger charge is -1.89. The molecule has 1 aromatic rings. The van der Waals surface area contributed by atoms with Crippen LogP contribution >= 0.6 is 0 Å². The summed E-state index contributed by atoms with van der Waals surface area (Å²) in [5.41, 5.74) is 0.805. The lowest BCUT2D eigenvalue weighted by Crippen LogP contribution is -1.93. The van der Waals surface area contributed by atoms with Gasteiger partial charge in [0.1, 0.15) is 0 Å². The first-order chi connectivity index (χ1) is 5.56. The van der Waals surface area contributed by atoms with Gasteiger partial charge in [-0.3, -0.25) is 0 Å². The highest BCUT2D eigenvalue weighted by Crippen LogP contribution is 2.12. The molecule has 70 valence electrons. The summed E-state index contributed by atoms with van der Waals surface area (Å²) in [6.07, 6.45) is 0. The van der Waals surface area contributed by atoms with Crippen molar-refractivity contribution in [2.45, 2.75) is 19.2 Å². The number of benzene rings is 1. The lowest BCUT2D eigenvalue weighted by molar-refractivity contribution is 0.603. The molecule has 0 amide bonds. The van der Waals surface area contributed by atoms with Gasteiger partial charge in [-0.05, 0) is 24.6 Å². The van der Waals surface area contributed by atoms with Crippen molar-refractivity contribution in [2.24, 2.45) is 0 Å². The van der Waals surface area contributed by atoms with Gasteiger partial charge in [0.2, 0.25) is 5.39 Å². The van der Waals surface area contributed by atoms with Gasteiger partial charge >= 0.3 is 10.0 Å². The second-order valence-corrected chi connectivity index (χ2v) is 3.96. The predicted molar refractivity (Wildman–Crippen MR) is 50.2 cm³/mol. The van der Waals surface area contributed by atoms with E-state index in [2.05, 4.69) is 4.38 Å². The Morgan fingerprint density at radius 2 is 2.00 bits per heavy atom. The van der Waals surface area contributed by atoms with Crippen molar-refractivity contribution in [3.63, 3.8) is 0 Å². The molecule has 0 spiro atoms. The first-order valence-corrected chi connectivity index (χ1v) is 4.68. The SMILES string of the molecule is C.Cc1cccc(S(=O)(=O)[N+]#N)c1. The van der Waals surface area contributed by atoms with E-state index >= 15 is 0 Å². The van der Waals surface area contributed by atoms with E-state index in [1.54, 1.807) is 19.1 Å². The molecule has 4 nitrogen and oxygen atoms in total. The summed E-state index contributed by atoms with van der Waals surface area (Å²) in [7, 11) is -3.84. The average Bonchev–Trinajstić information content (AvgIpc) is 2.05. The molecule has 0 aliphatic rings. The molecule has 0 aliphatic carbocycles. The zero-order valence-electron chi connectivity index (χ0n) is 6.43. The van der Waals surface area contributed by atoms with E-state index in [0.29, 0.717) is 0 Å². The van der Waals surface area contributed by atoms with Crippen LogP contribution in [0.4, 0.5) is 0 Å². The van der Waals surface area contributed by atoms with Crippen molar-refractivity contribution in [3.8, 4) is 0 Å². The molecule has 0 atom stereocenters. The summed E-state index contributed by atoms with van der Waals surface area (Å²) in [5, 5.41) is 8.18. The van der Waals surface area contributed by atoms with Crippen LogP contribution in [-0.4, -0.2) is 8.42 Å². The van der Waals surface area contributed by atoms with Crippen LogP contribution in [0.3, 0.4) is 0 Å². The molecule has 0 saturated heterocycles. The monoisotopic (exact) mass is 199 g/mol. The molecular weight excluding hydrogens is 188 g/mol. The van der Waals surface area contributed by atoms with Gasteiger partial charge in [-0.2, -0.15) is 0 Å². The van der Waals surface area contributed by atoms with Crippen molar-refractivity contribution in [2.75, 3.05) is 0 Å². The quantitative estimate of drug-likeness (QED) is 0.651. The number of aryl methyl sites for hydroxylation is 1. The van der Waals surface area contributed by atoms with Crippen LogP contribution in [0.1, 0.15) is 13.0 Å². The molecule has 0 fully saturated rings. The van der Waals surface area contributed by atoms with Crippen LogP contribution in [0.15, 0.2) is 29.2 Å². The summed E-state index contributed by atoms with van der Waals surface area (Å²) >= 11 is 0. The summed E-state index contributed by atoms with van der Waals surface area (Å²) in [6.45, 7) is 1.76. The average molecular weight is 199 g/mol. The fourth-order valence-electron chi connectivity index (χ4n) is 0.823. The lowest BCUT2D eigenvalue weighted by atomic mass is 10.2. The smallest absolute Gasteiger partial charge is 0.141 e. The van der Waals surface area contributed by atoms with Crippen molar-refractivity contribution in [1.29, 1.82) is 5.39 Å². The summed E-state index contributed by atoms with van der Waals surface area (Å²) in [5.74, 6) is 0. The maximum atomic E-state index is 10.9. The van der Waals surface area contributed by atoms with Crippen LogP contribution in [0.2, 0.25) is 0 Å². The molecular formula is C8H11N2O2S+. The Kier molecular flexibility index (Phi) is 3.57. The summed E-state index contributed by atoms with van der Waals surface area (Å²) < 4.78 is 24.2. The van der Waals surface area contributed by atoms with Crippen LogP contribution in [0, 0.1) is 12.3 Å². The van der Waals surface area contributed by atoms with Crippen LogP contribution < -0.4 is 0 Å². The second-order valence-electron chi connectivity index (χ2n) is 2.37. The van der Waals surface area contributed by atoms with Gasteiger partial charge in [0.25, 0.3) is 4.38 Å². The van der Waals surface area contributed by atoms with Crippen molar-refractivity contribution in [1.82, 2.24) is 0 Å². The van der Waals surface area contributed by atoms with Gasteiger partial charge in [-0.1, -0.05) is 19.6 Å². The van der Waals surface area contributed by atoms with Crippen LogP contribution in [0.25, 0.3) is 4.38 Å². The Morgan fingerprint density at radius 1 is 1.38 bits per heavy atom. The second kappa shape index (κ2) is 4.01. The summed E-state index contributed by atoms with van der Waals surface area (Å²) in [4.78, 5) is 0.00463. The highest BCUT2D eigenvalue weighted by atomic mass is 32.2.